The number of carbonyl (C=O) groups excluding carboxylic acids is 1. The smallest absolute Gasteiger partial charge is 0.209 e. The first-order chi connectivity index (χ1) is 10.6. The van der Waals surface area contributed by atoms with Gasteiger partial charge in [-0.15, -0.1) is 0 Å². The molecule has 4 aliphatic carbocycles. The molecule has 0 N–H and O–H groups in total. The van der Waals surface area contributed by atoms with Crippen molar-refractivity contribution < 1.29 is 9.72 Å². The molecule has 0 spiro atoms. The van der Waals surface area contributed by atoms with Crippen LogP contribution >= 0.6 is 0 Å². The molecule has 4 heteroatoms. The molecule has 0 aromatic carbocycles. The second-order valence-corrected chi connectivity index (χ2v) is 7.64. The average molecular weight is 301 g/mol. The summed E-state index contributed by atoms with van der Waals surface area (Å²) < 4.78 is 0. The summed E-state index contributed by atoms with van der Waals surface area (Å²) in [5.41, 5.74) is 4.26. The van der Waals surface area contributed by atoms with E-state index in [-0.39, 0.29) is 22.7 Å². The van der Waals surface area contributed by atoms with E-state index in [1.807, 2.05) is 6.08 Å². The lowest BCUT2D eigenvalue weighted by Gasteiger charge is -2.47. The zero-order chi connectivity index (χ0) is 15.3. The summed E-state index contributed by atoms with van der Waals surface area (Å²) in [6.07, 6.45) is 10.9. The van der Waals surface area contributed by atoms with Crippen LogP contribution in [0, 0.1) is 27.4 Å². The normalized spacial score (nSPS) is 37.3. The molecule has 0 heterocycles. The number of nitro groups is 1. The highest BCUT2D eigenvalue weighted by Gasteiger charge is 2.54. The van der Waals surface area contributed by atoms with E-state index in [2.05, 4.69) is 0 Å². The molecule has 4 aliphatic rings. The van der Waals surface area contributed by atoms with Gasteiger partial charge in [0.1, 0.15) is 0 Å². The molecule has 0 amide bonds. The van der Waals surface area contributed by atoms with E-state index in [0.29, 0.717) is 18.3 Å². The van der Waals surface area contributed by atoms with Crippen molar-refractivity contribution in [2.24, 2.45) is 17.3 Å². The van der Waals surface area contributed by atoms with Gasteiger partial charge in [-0.1, -0.05) is 12.0 Å². The largest absolute Gasteiger partial charge is 0.295 e. The van der Waals surface area contributed by atoms with Gasteiger partial charge < -0.3 is 0 Å². The van der Waals surface area contributed by atoms with Gasteiger partial charge in [0, 0.05) is 16.8 Å². The Morgan fingerprint density at radius 3 is 2.86 bits per heavy atom. The third-order valence-electron chi connectivity index (χ3n) is 6.70. The van der Waals surface area contributed by atoms with E-state index in [9.17, 15) is 14.9 Å². The summed E-state index contributed by atoms with van der Waals surface area (Å²) >= 11 is 0. The third-order valence-corrected chi connectivity index (χ3v) is 6.70. The van der Waals surface area contributed by atoms with Crippen LogP contribution in [0.25, 0.3) is 0 Å². The maximum Gasteiger partial charge on any atom is 0.209 e. The lowest BCUT2D eigenvalue weighted by molar-refractivity contribution is -0.501. The molecule has 0 aromatic rings. The molecule has 0 saturated heterocycles. The van der Waals surface area contributed by atoms with Gasteiger partial charge in [-0.05, 0) is 74.0 Å². The maximum atomic E-state index is 11.7. The Morgan fingerprint density at radius 1 is 1.18 bits per heavy atom. The van der Waals surface area contributed by atoms with Crippen molar-refractivity contribution >= 4 is 5.78 Å². The Labute approximate surface area is 130 Å². The highest BCUT2D eigenvalue weighted by Crippen LogP contribution is 2.60. The summed E-state index contributed by atoms with van der Waals surface area (Å²) in [4.78, 5) is 22.8. The van der Waals surface area contributed by atoms with Crippen LogP contribution in [-0.4, -0.2) is 17.3 Å². The molecule has 22 heavy (non-hydrogen) atoms. The summed E-state index contributed by atoms with van der Waals surface area (Å²) in [6, 6.07) is 0. The second-order valence-electron chi connectivity index (χ2n) is 7.64. The molecule has 0 bridgehead atoms. The van der Waals surface area contributed by atoms with E-state index in [0.717, 1.165) is 51.4 Å². The number of carbonyl (C=O) groups is 1. The molecular weight excluding hydrogens is 278 g/mol. The SMILES string of the molecule is O=C1C=C2CC[C@@H]3C(=C2CC1)CC[C@]1(C[N+](=O)[O-])CCC[C@@H]31. The number of ketones is 1. The molecular formula is C18H23NO3. The molecule has 4 nitrogen and oxygen atoms in total. The predicted molar refractivity (Wildman–Crippen MR) is 82.9 cm³/mol. The van der Waals surface area contributed by atoms with E-state index in [1.54, 1.807) is 5.57 Å². The first-order valence-corrected chi connectivity index (χ1v) is 8.66. The molecule has 2 saturated carbocycles. The minimum absolute atomic E-state index is 0.0378. The van der Waals surface area contributed by atoms with Crippen molar-refractivity contribution in [2.75, 3.05) is 6.54 Å². The number of fused-ring (bicyclic) bond motifs is 4. The van der Waals surface area contributed by atoms with Crippen molar-refractivity contribution in [1.82, 2.24) is 0 Å². The Kier molecular flexibility index (Phi) is 3.24. The molecule has 0 unspecified atom stereocenters. The van der Waals surface area contributed by atoms with Crippen LogP contribution in [-0.2, 0) is 4.79 Å². The first kappa shape index (κ1) is 14.2. The topological polar surface area (TPSA) is 60.2 Å². The van der Waals surface area contributed by atoms with Gasteiger partial charge in [0.2, 0.25) is 6.54 Å². The number of rotatable bonds is 2. The number of hydrogen-bond donors (Lipinski definition) is 0. The van der Waals surface area contributed by atoms with Gasteiger partial charge in [0.15, 0.2) is 5.78 Å². The van der Waals surface area contributed by atoms with Gasteiger partial charge in [-0.3, -0.25) is 14.9 Å². The van der Waals surface area contributed by atoms with Crippen LogP contribution in [0.3, 0.4) is 0 Å². The van der Waals surface area contributed by atoms with E-state index >= 15 is 0 Å². The van der Waals surface area contributed by atoms with Crippen LogP contribution in [0.1, 0.15) is 57.8 Å². The number of allylic oxidation sites excluding steroid dienone is 4. The Hall–Kier alpha value is -1.45. The van der Waals surface area contributed by atoms with Crippen molar-refractivity contribution in [3.8, 4) is 0 Å². The third kappa shape index (κ3) is 2.07. The lowest BCUT2D eigenvalue weighted by Crippen LogP contribution is -2.42. The fraction of sp³-hybridized carbons (Fsp3) is 0.722. The highest BCUT2D eigenvalue weighted by atomic mass is 16.6. The summed E-state index contributed by atoms with van der Waals surface area (Å²) in [6.45, 7) is 0.165. The minimum atomic E-state index is -0.0795. The van der Waals surface area contributed by atoms with Crippen molar-refractivity contribution in [2.45, 2.75) is 57.8 Å². The summed E-state index contributed by atoms with van der Waals surface area (Å²) in [7, 11) is 0. The summed E-state index contributed by atoms with van der Waals surface area (Å²) in [5, 5.41) is 11.2. The molecule has 0 radical (unpaired) electrons. The Balaban J connectivity index is 1.70. The number of hydrogen-bond acceptors (Lipinski definition) is 3. The van der Waals surface area contributed by atoms with Gasteiger partial charge in [-0.25, -0.2) is 0 Å². The van der Waals surface area contributed by atoms with Crippen LogP contribution in [0.4, 0.5) is 0 Å². The van der Waals surface area contributed by atoms with Crippen LogP contribution in [0.2, 0.25) is 0 Å². The molecule has 0 aromatic heterocycles. The van der Waals surface area contributed by atoms with E-state index in [1.165, 1.54) is 11.1 Å². The molecule has 118 valence electrons. The second kappa shape index (κ2) is 5.04. The lowest BCUT2D eigenvalue weighted by atomic mass is 9.57. The van der Waals surface area contributed by atoms with Crippen molar-refractivity contribution in [3.63, 3.8) is 0 Å². The van der Waals surface area contributed by atoms with Crippen LogP contribution < -0.4 is 0 Å². The molecule has 3 atom stereocenters. The monoisotopic (exact) mass is 301 g/mol. The van der Waals surface area contributed by atoms with Crippen molar-refractivity contribution in [1.29, 1.82) is 0 Å². The molecule has 4 rings (SSSR count). The van der Waals surface area contributed by atoms with Crippen molar-refractivity contribution in [3.05, 3.63) is 32.9 Å². The minimum Gasteiger partial charge on any atom is -0.295 e. The quantitative estimate of drug-likeness (QED) is 0.575. The van der Waals surface area contributed by atoms with E-state index < -0.39 is 0 Å². The average Bonchev–Trinajstić information content (AvgIpc) is 2.89. The number of nitrogens with zero attached hydrogens (tertiary/aromatic N) is 1. The first-order valence-electron chi connectivity index (χ1n) is 8.66. The van der Waals surface area contributed by atoms with Gasteiger partial charge in [0.05, 0.1) is 0 Å². The zero-order valence-corrected chi connectivity index (χ0v) is 13.0. The fourth-order valence-corrected chi connectivity index (χ4v) is 5.86. The highest BCUT2D eigenvalue weighted by molar-refractivity contribution is 5.93. The maximum absolute atomic E-state index is 11.7. The summed E-state index contributed by atoms with van der Waals surface area (Å²) in [5.74, 6) is 1.34. The predicted octanol–water partition coefficient (Wildman–Crippen LogP) is 3.84. The Bertz CT molecular complexity index is 603. The van der Waals surface area contributed by atoms with Crippen LogP contribution in [0.15, 0.2) is 22.8 Å². The molecule has 2 fully saturated rings. The van der Waals surface area contributed by atoms with E-state index in [4.69, 9.17) is 0 Å². The van der Waals surface area contributed by atoms with Gasteiger partial charge in [-0.2, -0.15) is 0 Å². The standard InChI is InChI=1S/C18H23NO3/c20-13-4-6-14-12(10-13)3-5-16-15(14)7-9-18(11-19(21)22)8-1-2-17(16)18/h10,16-17H,1-9,11H2/t16-,17+,18+/m1/s1. The molecule has 0 aliphatic heterocycles. The Morgan fingerprint density at radius 2 is 2.05 bits per heavy atom. The van der Waals surface area contributed by atoms with Crippen LogP contribution in [0.5, 0.6) is 0 Å². The van der Waals surface area contributed by atoms with Gasteiger partial charge in [0.25, 0.3) is 0 Å². The zero-order valence-electron chi connectivity index (χ0n) is 13.0. The van der Waals surface area contributed by atoms with Gasteiger partial charge >= 0.3 is 0 Å². The fourth-order valence-electron chi connectivity index (χ4n) is 5.86.